The minimum absolute atomic E-state index is 0.00407. The van der Waals surface area contributed by atoms with E-state index in [-0.39, 0.29) is 25.0 Å². The second kappa shape index (κ2) is 5.48. The molecule has 0 unspecified atom stereocenters. The van der Waals surface area contributed by atoms with Gasteiger partial charge in [-0.05, 0) is 30.5 Å². The van der Waals surface area contributed by atoms with Crippen molar-refractivity contribution >= 4 is 5.97 Å². The number of hydrogen-bond acceptors (Lipinski definition) is 3. The molecule has 2 rings (SSSR count). The maximum Gasteiger partial charge on any atom is 0.316 e. The Bertz CT molecular complexity index is 425. The third-order valence-electron chi connectivity index (χ3n) is 3.55. The second-order valence-electron chi connectivity index (χ2n) is 4.66. The summed E-state index contributed by atoms with van der Waals surface area (Å²) in [5.41, 5.74) is -0.0417. The van der Waals surface area contributed by atoms with Crippen molar-refractivity contribution in [3.63, 3.8) is 0 Å². The molecule has 0 heterocycles. The average Bonchev–Trinajstić information content (AvgIpc) is 2.86. The first-order valence-electron chi connectivity index (χ1n) is 6.23. The molecule has 0 aliphatic heterocycles. The molecular formula is C14H17FO3. The topological polar surface area (TPSA) is 46.5 Å². The van der Waals surface area contributed by atoms with Crippen LogP contribution in [0.1, 0.15) is 31.2 Å². The molecule has 3 nitrogen and oxygen atoms in total. The molecule has 1 fully saturated rings. The van der Waals surface area contributed by atoms with E-state index in [1.807, 2.05) is 0 Å². The third-order valence-corrected chi connectivity index (χ3v) is 3.55. The van der Waals surface area contributed by atoms with Crippen LogP contribution in [-0.2, 0) is 14.9 Å². The fourth-order valence-electron chi connectivity index (χ4n) is 2.65. The Balaban J connectivity index is 2.29. The summed E-state index contributed by atoms with van der Waals surface area (Å²) in [6, 6.07) is 6.16. The minimum atomic E-state index is -0.725. The normalized spacial score (nSPS) is 17.7. The fourth-order valence-corrected chi connectivity index (χ4v) is 2.65. The SMILES string of the molecule is O=C(OCCO)C1(c2cccc(F)c2)CCCC1. The van der Waals surface area contributed by atoms with Crippen LogP contribution in [0.15, 0.2) is 24.3 Å². The van der Waals surface area contributed by atoms with Crippen molar-refractivity contribution in [3.8, 4) is 0 Å². The molecule has 0 amide bonds. The van der Waals surface area contributed by atoms with Crippen molar-refractivity contribution in [2.75, 3.05) is 13.2 Å². The largest absolute Gasteiger partial charge is 0.463 e. The zero-order valence-electron chi connectivity index (χ0n) is 10.2. The predicted octanol–water partition coefficient (Wildman–Crippen LogP) is 2.17. The van der Waals surface area contributed by atoms with Gasteiger partial charge in [0.15, 0.2) is 0 Å². The van der Waals surface area contributed by atoms with Crippen molar-refractivity contribution in [3.05, 3.63) is 35.6 Å². The summed E-state index contributed by atoms with van der Waals surface area (Å²) in [6.07, 6.45) is 3.23. The summed E-state index contributed by atoms with van der Waals surface area (Å²) in [5, 5.41) is 8.72. The van der Waals surface area contributed by atoms with Gasteiger partial charge in [-0.15, -0.1) is 0 Å². The zero-order valence-corrected chi connectivity index (χ0v) is 10.2. The molecule has 0 spiro atoms. The highest BCUT2D eigenvalue weighted by atomic mass is 19.1. The standard InChI is InChI=1S/C14H17FO3/c15-12-5-3-4-11(10-12)14(6-1-2-7-14)13(17)18-9-8-16/h3-5,10,16H,1-2,6-9H2. The average molecular weight is 252 g/mol. The van der Waals surface area contributed by atoms with Gasteiger partial charge in [0.2, 0.25) is 0 Å². The van der Waals surface area contributed by atoms with Gasteiger partial charge in [0, 0.05) is 0 Å². The molecule has 1 saturated carbocycles. The van der Waals surface area contributed by atoms with Gasteiger partial charge in [-0.25, -0.2) is 4.39 Å². The van der Waals surface area contributed by atoms with E-state index in [1.165, 1.54) is 12.1 Å². The van der Waals surface area contributed by atoms with Gasteiger partial charge in [-0.1, -0.05) is 25.0 Å². The van der Waals surface area contributed by atoms with E-state index in [2.05, 4.69) is 0 Å². The maximum absolute atomic E-state index is 13.3. The van der Waals surface area contributed by atoms with Crippen molar-refractivity contribution in [1.82, 2.24) is 0 Å². The van der Waals surface area contributed by atoms with Crippen LogP contribution in [0.2, 0.25) is 0 Å². The van der Waals surface area contributed by atoms with Gasteiger partial charge in [0.05, 0.1) is 12.0 Å². The van der Waals surface area contributed by atoms with Gasteiger partial charge in [0.25, 0.3) is 0 Å². The molecule has 0 aromatic heterocycles. The number of halogens is 1. The fraction of sp³-hybridized carbons (Fsp3) is 0.500. The van der Waals surface area contributed by atoms with Gasteiger partial charge in [0.1, 0.15) is 12.4 Å². The number of ether oxygens (including phenoxy) is 1. The van der Waals surface area contributed by atoms with Gasteiger partial charge >= 0.3 is 5.97 Å². The molecule has 98 valence electrons. The molecule has 18 heavy (non-hydrogen) atoms. The molecule has 0 saturated heterocycles. The van der Waals surface area contributed by atoms with E-state index in [0.717, 1.165) is 12.8 Å². The van der Waals surface area contributed by atoms with Crippen LogP contribution in [0.4, 0.5) is 4.39 Å². The highest BCUT2D eigenvalue weighted by molar-refractivity contribution is 5.83. The van der Waals surface area contributed by atoms with Crippen LogP contribution >= 0.6 is 0 Å². The monoisotopic (exact) mass is 252 g/mol. The Hall–Kier alpha value is -1.42. The first kappa shape index (κ1) is 13.0. The number of carbonyl (C=O) groups excluding carboxylic acids is 1. The van der Waals surface area contributed by atoms with E-state index >= 15 is 0 Å². The van der Waals surface area contributed by atoms with Crippen LogP contribution < -0.4 is 0 Å². The van der Waals surface area contributed by atoms with Crippen LogP contribution in [0.3, 0.4) is 0 Å². The van der Waals surface area contributed by atoms with Crippen molar-refractivity contribution in [2.24, 2.45) is 0 Å². The van der Waals surface area contributed by atoms with E-state index in [1.54, 1.807) is 12.1 Å². The first-order chi connectivity index (χ1) is 8.69. The minimum Gasteiger partial charge on any atom is -0.463 e. The number of hydrogen-bond donors (Lipinski definition) is 1. The maximum atomic E-state index is 13.3. The van der Waals surface area contributed by atoms with Crippen LogP contribution in [0.25, 0.3) is 0 Å². The summed E-state index contributed by atoms with van der Waals surface area (Å²) in [5.74, 6) is -0.687. The Morgan fingerprint density at radius 1 is 1.39 bits per heavy atom. The van der Waals surface area contributed by atoms with Crippen LogP contribution in [0, 0.1) is 5.82 Å². The lowest BCUT2D eigenvalue weighted by molar-refractivity contribution is -0.151. The van der Waals surface area contributed by atoms with Gasteiger partial charge < -0.3 is 9.84 Å². The van der Waals surface area contributed by atoms with Crippen molar-refractivity contribution < 1.29 is 19.0 Å². The Kier molecular flexibility index (Phi) is 3.97. The summed E-state index contributed by atoms with van der Waals surface area (Å²) in [7, 11) is 0. The molecule has 1 aromatic rings. The van der Waals surface area contributed by atoms with Crippen molar-refractivity contribution in [2.45, 2.75) is 31.1 Å². The quantitative estimate of drug-likeness (QED) is 0.835. The number of esters is 1. The number of carbonyl (C=O) groups is 1. The van der Waals surface area contributed by atoms with Gasteiger partial charge in [-0.3, -0.25) is 4.79 Å². The summed E-state index contributed by atoms with van der Waals surface area (Å²) in [4.78, 5) is 12.2. The number of aliphatic hydroxyl groups excluding tert-OH is 1. The Morgan fingerprint density at radius 2 is 2.11 bits per heavy atom. The van der Waals surface area contributed by atoms with Crippen molar-refractivity contribution in [1.29, 1.82) is 0 Å². The molecule has 1 N–H and O–H groups in total. The molecule has 0 radical (unpaired) electrons. The predicted molar refractivity (Wildman–Crippen MR) is 64.6 cm³/mol. The van der Waals surface area contributed by atoms with E-state index in [0.29, 0.717) is 18.4 Å². The van der Waals surface area contributed by atoms with Crippen LogP contribution in [-0.4, -0.2) is 24.3 Å². The lowest BCUT2D eigenvalue weighted by Crippen LogP contribution is -2.35. The molecule has 4 heteroatoms. The number of rotatable bonds is 4. The summed E-state index contributed by atoms with van der Waals surface area (Å²) in [6.45, 7) is -0.194. The molecule has 0 bridgehead atoms. The lowest BCUT2D eigenvalue weighted by Gasteiger charge is -2.27. The van der Waals surface area contributed by atoms with E-state index < -0.39 is 5.41 Å². The zero-order chi connectivity index (χ0) is 13.0. The number of aliphatic hydroxyl groups is 1. The summed E-state index contributed by atoms with van der Waals surface area (Å²) >= 11 is 0. The second-order valence-corrected chi connectivity index (χ2v) is 4.66. The molecule has 1 aromatic carbocycles. The smallest absolute Gasteiger partial charge is 0.316 e. The molecule has 0 atom stereocenters. The highest BCUT2D eigenvalue weighted by Crippen LogP contribution is 2.42. The summed E-state index contributed by atoms with van der Waals surface area (Å²) < 4.78 is 18.4. The number of benzene rings is 1. The Morgan fingerprint density at radius 3 is 2.72 bits per heavy atom. The Labute approximate surface area is 106 Å². The lowest BCUT2D eigenvalue weighted by atomic mass is 9.79. The first-order valence-corrected chi connectivity index (χ1v) is 6.23. The molecular weight excluding hydrogens is 235 g/mol. The van der Waals surface area contributed by atoms with Crippen LogP contribution in [0.5, 0.6) is 0 Å². The highest BCUT2D eigenvalue weighted by Gasteiger charge is 2.44. The molecule has 1 aliphatic carbocycles. The third kappa shape index (κ3) is 2.38. The van der Waals surface area contributed by atoms with Gasteiger partial charge in [-0.2, -0.15) is 0 Å². The van der Waals surface area contributed by atoms with E-state index in [9.17, 15) is 9.18 Å². The molecule has 1 aliphatic rings. The van der Waals surface area contributed by atoms with E-state index in [4.69, 9.17) is 9.84 Å².